The normalized spacial score (nSPS) is 13.2. The van der Waals surface area contributed by atoms with E-state index in [4.69, 9.17) is 5.11 Å². The van der Waals surface area contributed by atoms with E-state index in [-0.39, 0.29) is 6.61 Å². The number of nitrogens with zero attached hydrogens (tertiary/aromatic N) is 2. The molecule has 80 valence electrons. The SMILES string of the molecule is OCC(O)CCn1cnc2ccccc21. The summed E-state index contributed by atoms with van der Waals surface area (Å²) in [5.41, 5.74) is 2.01. The van der Waals surface area contributed by atoms with E-state index in [1.807, 2.05) is 28.8 Å². The van der Waals surface area contributed by atoms with Crippen molar-refractivity contribution >= 4 is 11.0 Å². The lowest BCUT2D eigenvalue weighted by Crippen LogP contribution is -2.14. The number of aliphatic hydroxyl groups excluding tert-OH is 2. The average Bonchev–Trinajstić information content (AvgIpc) is 2.69. The van der Waals surface area contributed by atoms with Crippen LogP contribution in [-0.4, -0.2) is 32.5 Å². The van der Waals surface area contributed by atoms with Crippen LogP contribution in [0.4, 0.5) is 0 Å². The van der Waals surface area contributed by atoms with Crippen molar-refractivity contribution in [3.8, 4) is 0 Å². The lowest BCUT2D eigenvalue weighted by atomic mass is 10.2. The highest BCUT2D eigenvalue weighted by Crippen LogP contribution is 2.12. The van der Waals surface area contributed by atoms with Crippen LogP contribution in [0.2, 0.25) is 0 Å². The van der Waals surface area contributed by atoms with Crippen molar-refractivity contribution < 1.29 is 10.2 Å². The minimum atomic E-state index is -0.647. The molecule has 2 N–H and O–H groups in total. The second kappa shape index (κ2) is 4.42. The van der Waals surface area contributed by atoms with Crippen molar-refractivity contribution in [1.29, 1.82) is 0 Å². The molecule has 0 amide bonds. The van der Waals surface area contributed by atoms with Crippen molar-refractivity contribution in [2.75, 3.05) is 6.61 Å². The summed E-state index contributed by atoms with van der Waals surface area (Å²) >= 11 is 0. The molecule has 1 atom stereocenters. The van der Waals surface area contributed by atoms with Gasteiger partial charge in [-0.3, -0.25) is 0 Å². The Hall–Kier alpha value is -1.39. The number of para-hydroxylation sites is 2. The quantitative estimate of drug-likeness (QED) is 0.777. The third-order valence-corrected chi connectivity index (χ3v) is 2.44. The van der Waals surface area contributed by atoms with Gasteiger partial charge in [0, 0.05) is 6.54 Å². The summed E-state index contributed by atoms with van der Waals surface area (Å²) in [6.07, 6.45) is 1.65. The maximum Gasteiger partial charge on any atom is 0.0958 e. The van der Waals surface area contributed by atoms with Gasteiger partial charge >= 0.3 is 0 Å². The van der Waals surface area contributed by atoms with E-state index >= 15 is 0 Å². The molecule has 15 heavy (non-hydrogen) atoms. The van der Waals surface area contributed by atoms with E-state index in [0.29, 0.717) is 13.0 Å². The Labute approximate surface area is 87.8 Å². The van der Waals surface area contributed by atoms with Crippen LogP contribution in [-0.2, 0) is 6.54 Å². The number of benzene rings is 1. The summed E-state index contributed by atoms with van der Waals surface area (Å²) < 4.78 is 1.98. The van der Waals surface area contributed by atoms with Gasteiger partial charge in [0.25, 0.3) is 0 Å². The first kappa shape index (κ1) is 10.1. The van der Waals surface area contributed by atoms with Gasteiger partial charge < -0.3 is 14.8 Å². The van der Waals surface area contributed by atoms with E-state index in [2.05, 4.69) is 4.98 Å². The highest BCUT2D eigenvalue weighted by molar-refractivity contribution is 5.74. The predicted octanol–water partition coefficient (Wildman–Crippen LogP) is 0.780. The monoisotopic (exact) mass is 206 g/mol. The highest BCUT2D eigenvalue weighted by Gasteiger charge is 2.04. The van der Waals surface area contributed by atoms with Crippen LogP contribution in [0.15, 0.2) is 30.6 Å². The fourth-order valence-electron chi connectivity index (χ4n) is 1.57. The maximum absolute atomic E-state index is 9.25. The third-order valence-electron chi connectivity index (χ3n) is 2.44. The van der Waals surface area contributed by atoms with Gasteiger partial charge in [0.05, 0.1) is 30.1 Å². The Balaban J connectivity index is 2.14. The fourth-order valence-corrected chi connectivity index (χ4v) is 1.57. The largest absolute Gasteiger partial charge is 0.394 e. The van der Waals surface area contributed by atoms with Gasteiger partial charge in [0.2, 0.25) is 0 Å². The van der Waals surface area contributed by atoms with Crippen LogP contribution in [0.3, 0.4) is 0 Å². The van der Waals surface area contributed by atoms with Crippen molar-refractivity contribution in [3.05, 3.63) is 30.6 Å². The first-order chi connectivity index (χ1) is 7.31. The van der Waals surface area contributed by atoms with E-state index in [9.17, 15) is 5.11 Å². The fraction of sp³-hybridized carbons (Fsp3) is 0.364. The van der Waals surface area contributed by atoms with Gasteiger partial charge in [0.1, 0.15) is 0 Å². The molecule has 4 heteroatoms. The summed E-state index contributed by atoms with van der Waals surface area (Å²) in [7, 11) is 0. The Bertz CT molecular complexity index is 439. The van der Waals surface area contributed by atoms with E-state index in [1.54, 1.807) is 6.33 Å². The lowest BCUT2D eigenvalue weighted by Gasteiger charge is -2.07. The van der Waals surface area contributed by atoms with E-state index < -0.39 is 6.10 Å². The number of fused-ring (bicyclic) bond motifs is 1. The van der Waals surface area contributed by atoms with Gasteiger partial charge in [-0.2, -0.15) is 0 Å². The molecule has 0 aliphatic heterocycles. The Morgan fingerprint density at radius 3 is 2.93 bits per heavy atom. The number of rotatable bonds is 4. The molecule has 1 aromatic carbocycles. The second-order valence-corrected chi connectivity index (χ2v) is 3.55. The molecule has 1 aromatic heterocycles. The molecule has 0 aliphatic carbocycles. The van der Waals surface area contributed by atoms with Crippen LogP contribution in [0.25, 0.3) is 11.0 Å². The molecule has 4 nitrogen and oxygen atoms in total. The summed E-state index contributed by atoms with van der Waals surface area (Å²) in [5, 5.41) is 17.9. The Kier molecular flexibility index (Phi) is 2.99. The Morgan fingerprint density at radius 2 is 2.13 bits per heavy atom. The zero-order chi connectivity index (χ0) is 10.7. The van der Waals surface area contributed by atoms with Crippen LogP contribution >= 0.6 is 0 Å². The average molecular weight is 206 g/mol. The molecule has 0 spiro atoms. The highest BCUT2D eigenvalue weighted by atomic mass is 16.3. The van der Waals surface area contributed by atoms with Gasteiger partial charge in [-0.25, -0.2) is 4.98 Å². The second-order valence-electron chi connectivity index (χ2n) is 3.55. The number of hydrogen-bond acceptors (Lipinski definition) is 3. The molecule has 1 unspecified atom stereocenters. The number of aryl methyl sites for hydroxylation is 1. The standard InChI is InChI=1S/C11H14N2O2/c14-7-9(15)5-6-13-8-12-10-3-1-2-4-11(10)13/h1-4,8-9,14-15H,5-7H2. The summed E-state index contributed by atoms with van der Waals surface area (Å²) in [6.45, 7) is 0.481. The number of hydrogen-bond donors (Lipinski definition) is 2. The molecule has 1 heterocycles. The van der Waals surface area contributed by atoms with Crippen molar-refractivity contribution in [1.82, 2.24) is 9.55 Å². The van der Waals surface area contributed by atoms with Crippen molar-refractivity contribution in [2.45, 2.75) is 19.1 Å². The van der Waals surface area contributed by atoms with Crippen molar-refractivity contribution in [3.63, 3.8) is 0 Å². The van der Waals surface area contributed by atoms with E-state index in [1.165, 1.54) is 0 Å². The van der Waals surface area contributed by atoms with E-state index in [0.717, 1.165) is 11.0 Å². The minimum Gasteiger partial charge on any atom is -0.394 e. The molecule has 2 rings (SSSR count). The molecule has 0 aliphatic rings. The zero-order valence-electron chi connectivity index (χ0n) is 8.37. The molecule has 0 bridgehead atoms. The van der Waals surface area contributed by atoms with Crippen LogP contribution < -0.4 is 0 Å². The number of aliphatic hydroxyl groups is 2. The first-order valence-corrected chi connectivity index (χ1v) is 5.00. The smallest absolute Gasteiger partial charge is 0.0958 e. The molecule has 0 saturated carbocycles. The number of imidazole rings is 1. The summed E-state index contributed by atoms with van der Waals surface area (Å²) in [6, 6.07) is 7.85. The summed E-state index contributed by atoms with van der Waals surface area (Å²) in [4.78, 5) is 4.24. The van der Waals surface area contributed by atoms with Crippen LogP contribution in [0.1, 0.15) is 6.42 Å². The third kappa shape index (κ3) is 2.16. The van der Waals surface area contributed by atoms with Gasteiger partial charge in [-0.05, 0) is 18.6 Å². The summed E-state index contributed by atoms with van der Waals surface area (Å²) in [5.74, 6) is 0. The molecular formula is C11H14N2O2. The first-order valence-electron chi connectivity index (χ1n) is 5.00. The zero-order valence-corrected chi connectivity index (χ0v) is 8.37. The van der Waals surface area contributed by atoms with Gasteiger partial charge in [-0.1, -0.05) is 12.1 Å². The van der Waals surface area contributed by atoms with Crippen LogP contribution in [0.5, 0.6) is 0 Å². The number of aromatic nitrogens is 2. The molecule has 0 fully saturated rings. The molecule has 2 aromatic rings. The molecule has 0 saturated heterocycles. The predicted molar refractivity (Wildman–Crippen MR) is 57.4 cm³/mol. The van der Waals surface area contributed by atoms with Gasteiger partial charge in [-0.15, -0.1) is 0 Å². The Morgan fingerprint density at radius 1 is 1.33 bits per heavy atom. The topological polar surface area (TPSA) is 58.3 Å². The van der Waals surface area contributed by atoms with Crippen LogP contribution in [0, 0.1) is 0 Å². The molecular weight excluding hydrogens is 192 g/mol. The van der Waals surface area contributed by atoms with Crippen molar-refractivity contribution in [2.24, 2.45) is 0 Å². The van der Waals surface area contributed by atoms with Gasteiger partial charge in [0.15, 0.2) is 0 Å². The lowest BCUT2D eigenvalue weighted by molar-refractivity contribution is 0.0849. The minimum absolute atomic E-state index is 0.188. The molecule has 0 radical (unpaired) electrons. The maximum atomic E-state index is 9.25.